The second-order valence-electron chi connectivity index (χ2n) is 2.69. The van der Waals surface area contributed by atoms with E-state index in [0.29, 0.717) is 6.04 Å². The smallest absolute Gasteiger partial charge is 0.0505 e. The molecule has 1 nitrogen and oxygen atoms in total. The number of rotatable bonds is 0. The van der Waals surface area contributed by atoms with Crippen LogP contribution >= 0.6 is 0 Å². The fourth-order valence-corrected chi connectivity index (χ4v) is 1.52. The van der Waals surface area contributed by atoms with Crippen molar-refractivity contribution in [1.82, 2.24) is 5.32 Å². The third kappa shape index (κ3) is 0.766. The first kappa shape index (κ1) is 5.10. The molecule has 0 amide bonds. The van der Waals surface area contributed by atoms with Gasteiger partial charge in [-0.15, -0.1) is 0 Å². The van der Waals surface area contributed by atoms with Gasteiger partial charge in [0.05, 0.1) is 6.04 Å². The van der Waals surface area contributed by atoms with Gasteiger partial charge in [-0.2, -0.15) is 0 Å². The minimum absolute atomic E-state index is 0.666. The molecule has 0 spiro atoms. The molecule has 1 N–H and O–H groups in total. The van der Waals surface area contributed by atoms with Gasteiger partial charge in [-0.1, -0.05) is 6.08 Å². The monoisotopic (exact) mass is 121 g/mol. The van der Waals surface area contributed by atoms with E-state index in [-0.39, 0.29) is 0 Å². The molecule has 0 saturated heterocycles. The van der Waals surface area contributed by atoms with Gasteiger partial charge in [0.1, 0.15) is 0 Å². The molecule has 2 aliphatic rings. The van der Waals surface area contributed by atoms with Crippen molar-refractivity contribution in [1.29, 1.82) is 0 Å². The molecule has 1 atom stereocenters. The van der Waals surface area contributed by atoms with Gasteiger partial charge in [0.15, 0.2) is 0 Å². The number of hydrogen-bond donors (Lipinski definition) is 1. The zero-order valence-corrected chi connectivity index (χ0v) is 5.43. The Kier molecular flexibility index (Phi) is 1.08. The number of allylic oxidation sites excluding steroid dienone is 1. The van der Waals surface area contributed by atoms with E-state index in [1.807, 2.05) is 0 Å². The molecule has 1 heterocycles. The van der Waals surface area contributed by atoms with E-state index in [2.05, 4.69) is 23.7 Å². The Bertz CT molecular complexity index is 167. The molecule has 48 valence electrons. The van der Waals surface area contributed by atoms with E-state index in [1.165, 1.54) is 24.8 Å². The van der Waals surface area contributed by atoms with Crippen molar-refractivity contribution >= 4 is 0 Å². The first-order valence-corrected chi connectivity index (χ1v) is 3.59. The van der Waals surface area contributed by atoms with Crippen molar-refractivity contribution in [3.63, 3.8) is 0 Å². The average Bonchev–Trinajstić information content (AvgIpc) is 2.33. The van der Waals surface area contributed by atoms with E-state index in [0.717, 1.165) is 0 Å². The van der Waals surface area contributed by atoms with Gasteiger partial charge in [-0.3, -0.25) is 0 Å². The highest BCUT2D eigenvalue weighted by molar-refractivity contribution is 5.31. The molecule has 1 aliphatic carbocycles. The van der Waals surface area contributed by atoms with Crippen LogP contribution in [-0.2, 0) is 0 Å². The number of fused-ring (bicyclic) bond motifs is 1. The number of nitrogens with one attached hydrogen (secondary N) is 1. The van der Waals surface area contributed by atoms with Gasteiger partial charge in [0, 0.05) is 0 Å². The van der Waals surface area contributed by atoms with Crippen molar-refractivity contribution in [3.05, 3.63) is 23.9 Å². The number of hydrogen-bond acceptors (Lipinski definition) is 1. The minimum atomic E-state index is 0.666. The Morgan fingerprint density at radius 1 is 1.56 bits per heavy atom. The van der Waals surface area contributed by atoms with Crippen molar-refractivity contribution in [2.24, 2.45) is 0 Å². The van der Waals surface area contributed by atoms with Crippen LogP contribution in [0.25, 0.3) is 0 Å². The highest BCUT2D eigenvalue weighted by atomic mass is 14.9. The maximum Gasteiger partial charge on any atom is 0.0505 e. The van der Waals surface area contributed by atoms with Gasteiger partial charge in [-0.05, 0) is 37.1 Å². The Labute approximate surface area is 55.5 Å². The van der Waals surface area contributed by atoms with Crippen molar-refractivity contribution in [2.75, 3.05) is 0 Å². The highest BCUT2D eigenvalue weighted by Gasteiger charge is 2.16. The standard InChI is InChI=1S/C8H11N/c1-2-4-8-7(3-1)5-6-9-8/h3,5-6,8-9H,1-2,4H2. The highest BCUT2D eigenvalue weighted by Crippen LogP contribution is 2.22. The lowest BCUT2D eigenvalue weighted by Gasteiger charge is -2.16. The van der Waals surface area contributed by atoms with E-state index < -0.39 is 0 Å². The van der Waals surface area contributed by atoms with Crippen LogP contribution in [-0.4, -0.2) is 6.04 Å². The average molecular weight is 121 g/mol. The Morgan fingerprint density at radius 3 is 3.44 bits per heavy atom. The third-order valence-electron chi connectivity index (χ3n) is 2.05. The normalized spacial score (nSPS) is 31.1. The summed E-state index contributed by atoms with van der Waals surface area (Å²) in [6, 6.07) is 0.666. The fourth-order valence-electron chi connectivity index (χ4n) is 1.52. The zero-order chi connectivity index (χ0) is 6.10. The maximum absolute atomic E-state index is 3.31. The molecule has 0 aromatic carbocycles. The Morgan fingerprint density at radius 2 is 2.56 bits per heavy atom. The van der Waals surface area contributed by atoms with Crippen molar-refractivity contribution in [2.45, 2.75) is 25.3 Å². The molecule has 2 rings (SSSR count). The van der Waals surface area contributed by atoms with E-state index in [4.69, 9.17) is 0 Å². The van der Waals surface area contributed by atoms with Gasteiger partial charge in [0.2, 0.25) is 0 Å². The minimum Gasteiger partial charge on any atom is -0.384 e. The Hall–Kier alpha value is -0.720. The predicted octanol–water partition coefficient (Wildman–Crippen LogP) is 1.58. The van der Waals surface area contributed by atoms with Crippen molar-refractivity contribution < 1.29 is 0 Å². The van der Waals surface area contributed by atoms with Crippen LogP contribution in [0.2, 0.25) is 0 Å². The van der Waals surface area contributed by atoms with Gasteiger partial charge in [0.25, 0.3) is 0 Å². The predicted molar refractivity (Wildman–Crippen MR) is 38.0 cm³/mol. The summed E-state index contributed by atoms with van der Waals surface area (Å²) in [4.78, 5) is 0. The van der Waals surface area contributed by atoms with E-state index in [9.17, 15) is 0 Å². The first-order chi connectivity index (χ1) is 4.47. The summed E-state index contributed by atoms with van der Waals surface area (Å²) >= 11 is 0. The summed E-state index contributed by atoms with van der Waals surface area (Å²) in [5.74, 6) is 0. The van der Waals surface area contributed by atoms with E-state index in [1.54, 1.807) is 0 Å². The van der Waals surface area contributed by atoms with Gasteiger partial charge >= 0.3 is 0 Å². The second-order valence-corrected chi connectivity index (χ2v) is 2.69. The largest absolute Gasteiger partial charge is 0.384 e. The topological polar surface area (TPSA) is 12.0 Å². The molecule has 1 heteroatoms. The van der Waals surface area contributed by atoms with E-state index >= 15 is 0 Å². The molecule has 0 aromatic rings. The molecule has 0 aromatic heterocycles. The summed E-state index contributed by atoms with van der Waals surface area (Å²) in [5.41, 5.74) is 1.50. The summed E-state index contributed by atoms with van der Waals surface area (Å²) in [6.07, 6.45) is 10.5. The van der Waals surface area contributed by atoms with Gasteiger partial charge < -0.3 is 5.32 Å². The lowest BCUT2D eigenvalue weighted by Crippen LogP contribution is -2.22. The summed E-state index contributed by atoms with van der Waals surface area (Å²) < 4.78 is 0. The van der Waals surface area contributed by atoms with Crippen LogP contribution in [0.5, 0.6) is 0 Å². The SMILES string of the molecule is C1=CC2=CCCCC2N1. The molecule has 0 fully saturated rings. The Balaban J connectivity index is 2.23. The van der Waals surface area contributed by atoms with Crippen LogP contribution in [0.1, 0.15) is 19.3 Å². The lowest BCUT2D eigenvalue weighted by atomic mass is 9.96. The molecular weight excluding hydrogens is 110 g/mol. The van der Waals surface area contributed by atoms with Crippen LogP contribution in [0.15, 0.2) is 23.9 Å². The second kappa shape index (κ2) is 1.90. The quantitative estimate of drug-likeness (QED) is 0.513. The third-order valence-corrected chi connectivity index (χ3v) is 2.05. The summed E-state index contributed by atoms with van der Waals surface area (Å²) in [6.45, 7) is 0. The van der Waals surface area contributed by atoms with Crippen LogP contribution < -0.4 is 5.32 Å². The van der Waals surface area contributed by atoms with Crippen LogP contribution in [0.3, 0.4) is 0 Å². The molecular formula is C8H11N. The van der Waals surface area contributed by atoms with Crippen LogP contribution in [0.4, 0.5) is 0 Å². The van der Waals surface area contributed by atoms with Gasteiger partial charge in [-0.25, -0.2) is 0 Å². The summed E-state index contributed by atoms with van der Waals surface area (Å²) in [5, 5.41) is 3.31. The fraction of sp³-hybridized carbons (Fsp3) is 0.500. The molecule has 0 saturated carbocycles. The first-order valence-electron chi connectivity index (χ1n) is 3.59. The molecule has 0 bridgehead atoms. The molecule has 1 unspecified atom stereocenters. The van der Waals surface area contributed by atoms with Crippen LogP contribution in [0, 0.1) is 0 Å². The maximum atomic E-state index is 3.31. The zero-order valence-electron chi connectivity index (χ0n) is 5.43. The molecule has 0 radical (unpaired) electrons. The molecule has 1 aliphatic heterocycles. The van der Waals surface area contributed by atoms with Crippen molar-refractivity contribution in [3.8, 4) is 0 Å². The molecule has 9 heavy (non-hydrogen) atoms. The summed E-state index contributed by atoms with van der Waals surface area (Å²) in [7, 11) is 0. The lowest BCUT2D eigenvalue weighted by molar-refractivity contribution is 0.584.